The summed E-state index contributed by atoms with van der Waals surface area (Å²) in [6.07, 6.45) is -5.80. The maximum absolute atomic E-state index is 13.7. The highest BCUT2D eigenvalue weighted by molar-refractivity contribution is 5.80. The second-order valence-electron chi connectivity index (χ2n) is 8.97. The summed E-state index contributed by atoms with van der Waals surface area (Å²) < 4.78 is 52.0. The molecule has 1 aliphatic rings. The zero-order chi connectivity index (χ0) is 26.9. The van der Waals surface area contributed by atoms with Crippen molar-refractivity contribution >= 4 is 12.1 Å². The van der Waals surface area contributed by atoms with Crippen molar-refractivity contribution in [2.75, 3.05) is 7.11 Å². The molecule has 9 heteroatoms. The van der Waals surface area contributed by atoms with Gasteiger partial charge in [-0.15, -0.1) is 0 Å². The third kappa shape index (κ3) is 5.26. The molecular weight excluding hydrogens is 487 g/mol. The molecule has 1 aliphatic heterocycles. The third-order valence-corrected chi connectivity index (χ3v) is 6.68. The molecule has 6 nitrogen and oxygen atoms in total. The minimum Gasteiger partial charge on any atom is -0.496 e. The minimum absolute atomic E-state index is 0.148. The second kappa shape index (κ2) is 10.2. The van der Waals surface area contributed by atoms with Crippen LogP contribution in [0.25, 0.3) is 11.1 Å². The number of carbonyl (C=O) groups is 2. The van der Waals surface area contributed by atoms with Gasteiger partial charge in [0, 0.05) is 5.56 Å². The predicted molar refractivity (Wildman–Crippen MR) is 130 cm³/mol. The number of carbonyl (C=O) groups excluding carboxylic acids is 1. The number of amides is 1. The number of methoxy groups -OCH3 is 1. The van der Waals surface area contributed by atoms with E-state index < -0.39 is 41.9 Å². The molecule has 0 spiro atoms. The summed E-state index contributed by atoms with van der Waals surface area (Å²) in [5, 5.41) is 9.46. The smallest absolute Gasteiger partial charge is 0.416 e. The van der Waals surface area contributed by atoms with Crippen LogP contribution in [0.1, 0.15) is 48.1 Å². The molecule has 194 valence electrons. The van der Waals surface area contributed by atoms with E-state index in [2.05, 4.69) is 0 Å². The summed E-state index contributed by atoms with van der Waals surface area (Å²) in [4.78, 5) is 25.8. The fraction of sp³-hybridized carbons (Fsp3) is 0.286. The number of hydrogen-bond donors (Lipinski definition) is 1. The number of rotatable bonds is 7. The van der Waals surface area contributed by atoms with Crippen LogP contribution in [-0.2, 0) is 22.3 Å². The van der Waals surface area contributed by atoms with Crippen LogP contribution in [0.15, 0.2) is 66.7 Å². The van der Waals surface area contributed by atoms with Crippen LogP contribution in [-0.4, -0.2) is 35.2 Å². The molecule has 1 saturated heterocycles. The SMILES string of the molecule is COc1ccc(C(C)C(=O)O)cc1-c1ccc(C(F)(F)F)cc1CN1C(=O)OC(c2ccccc2)C1C. The van der Waals surface area contributed by atoms with Crippen molar-refractivity contribution in [1.82, 2.24) is 4.90 Å². The standard InChI is InChI=1S/C28H26F3NO5/c1-16(26(33)34)19-9-12-24(36-3)23(14-19)22-11-10-21(28(29,30)31)13-20(22)15-32-17(2)25(37-27(32)35)18-7-5-4-6-8-18/h4-14,16-17,25H,15H2,1-3H3,(H,33,34). The van der Waals surface area contributed by atoms with Gasteiger partial charge in [0.2, 0.25) is 0 Å². The number of aliphatic carboxylic acids is 1. The summed E-state index contributed by atoms with van der Waals surface area (Å²) in [6, 6.07) is 16.8. The van der Waals surface area contributed by atoms with Crippen LogP contribution in [0.4, 0.5) is 18.0 Å². The van der Waals surface area contributed by atoms with Crippen LogP contribution >= 0.6 is 0 Å². The fourth-order valence-corrected chi connectivity index (χ4v) is 4.50. The molecule has 3 atom stereocenters. The number of alkyl halides is 3. The van der Waals surface area contributed by atoms with Gasteiger partial charge in [0.1, 0.15) is 11.9 Å². The number of nitrogens with zero attached hydrogens (tertiary/aromatic N) is 1. The van der Waals surface area contributed by atoms with Crippen molar-refractivity contribution in [3.05, 3.63) is 89.0 Å². The van der Waals surface area contributed by atoms with Crippen molar-refractivity contribution in [2.24, 2.45) is 0 Å². The summed E-state index contributed by atoms with van der Waals surface area (Å²) in [6.45, 7) is 3.16. The second-order valence-corrected chi connectivity index (χ2v) is 8.97. The van der Waals surface area contributed by atoms with Crippen molar-refractivity contribution in [3.8, 4) is 16.9 Å². The number of cyclic esters (lactones) is 1. The lowest BCUT2D eigenvalue weighted by Crippen LogP contribution is -2.31. The summed E-state index contributed by atoms with van der Waals surface area (Å²) in [7, 11) is 1.42. The molecule has 37 heavy (non-hydrogen) atoms. The van der Waals surface area contributed by atoms with Crippen molar-refractivity contribution < 1.29 is 37.3 Å². The van der Waals surface area contributed by atoms with Gasteiger partial charge in [-0.05, 0) is 60.4 Å². The van der Waals surface area contributed by atoms with Crippen molar-refractivity contribution in [3.63, 3.8) is 0 Å². The highest BCUT2D eigenvalue weighted by atomic mass is 19.4. The first-order valence-electron chi connectivity index (χ1n) is 11.6. The Hall–Kier alpha value is -4.01. The van der Waals surface area contributed by atoms with Crippen molar-refractivity contribution in [2.45, 2.75) is 44.6 Å². The van der Waals surface area contributed by atoms with Gasteiger partial charge in [-0.1, -0.05) is 42.5 Å². The van der Waals surface area contributed by atoms with Crippen LogP contribution in [0.5, 0.6) is 5.75 Å². The number of ether oxygens (including phenoxy) is 2. The largest absolute Gasteiger partial charge is 0.496 e. The molecule has 1 amide bonds. The average Bonchev–Trinajstić information content (AvgIpc) is 3.16. The Morgan fingerprint density at radius 2 is 1.78 bits per heavy atom. The zero-order valence-corrected chi connectivity index (χ0v) is 20.5. The molecule has 4 rings (SSSR count). The number of halogens is 3. The fourth-order valence-electron chi connectivity index (χ4n) is 4.50. The van der Waals surface area contributed by atoms with Crippen LogP contribution in [0, 0.1) is 0 Å². The van der Waals surface area contributed by atoms with E-state index in [1.807, 2.05) is 30.3 Å². The number of hydrogen-bond acceptors (Lipinski definition) is 4. The van der Waals surface area contributed by atoms with E-state index in [0.717, 1.165) is 17.7 Å². The molecule has 3 aromatic carbocycles. The van der Waals surface area contributed by atoms with Crippen LogP contribution in [0.2, 0.25) is 0 Å². The average molecular weight is 514 g/mol. The first-order chi connectivity index (χ1) is 17.5. The van der Waals surface area contributed by atoms with Gasteiger partial charge >= 0.3 is 18.2 Å². The normalized spacial score (nSPS) is 18.4. The van der Waals surface area contributed by atoms with Gasteiger partial charge in [-0.2, -0.15) is 13.2 Å². The van der Waals surface area contributed by atoms with E-state index in [1.165, 1.54) is 25.0 Å². The third-order valence-electron chi connectivity index (χ3n) is 6.68. The lowest BCUT2D eigenvalue weighted by Gasteiger charge is -2.24. The quantitative estimate of drug-likeness (QED) is 0.383. The maximum Gasteiger partial charge on any atom is 0.416 e. The molecule has 0 bridgehead atoms. The zero-order valence-electron chi connectivity index (χ0n) is 20.5. The van der Waals surface area contributed by atoms with Gasteiger partial charge < -0.3 is 14.6 Å². The molecular formula is C28H26F3NO5. The molecule has 3 unspecified atom stereocenters. The number of benzene rings is 3. The molecule has 0 saturated carbocycles. The van der Waals surface area contributed by atoms with E-state index in [4.69, 9.17) is 9.47 Å². The Morgan fingerprint density at radius 1 is 1.08 bits per heavy atom. The van der Waals surface area contributed by atoms with Crippen molar-refractivity contribution in [1.29, 1.82) is 0 Å². The Balaban J connectivity index is 1.80. The first-order valence-corrected chi connectivity index (χ1v) is 11.6. The van der Waals surface area contributed by atoms with E-state index in [-0.39, 0.29) is 12.1 Å². The van der Waals surface area contributed by atoms with E-state index in [1.54, 1.807) is 25.1 Å². The Kier molecular flexibility index (Phi) is 7.16. The number of carboxylic acids is 1. The number of carboxylic acid groups (broad SMARTS) is 1. The minimum atomic E-state index is -4.60. The van der Waals surface area contributed by atoms with Gasteiger partial charge in [0.05, 0.1) is 31.2 Å². The van der Waals surface area contributed by atoms with E-state index in [9.17, 15) is 27.9 Å². The summed E-state index contributed by atoms with van der Waals surface area (Å²) >= 11 is 0. The monoisotopic (exact) mass is 513 g/mol. The predicted octanol–water partition coefficient (Wildman–Crippen LogP) is 6.65. The molecule has 0 aromatic heterocycles. The first kappa shape index (κ1) is 26.1. The lowest BCUT2D eigenvalue weighted by atomic mass is 9.91. The Morgan fingerprint density at radius 3 is 2.41 bits per heavy atom. The topological polar surface area (TPSA) is 76.1 Å². The summed E-state index contributed by atoms with van der Waals surface area (Å²) in [5.74, 6) is -1.52. The molecule has 3 aromatic rings. The van der Waals surface area contributed by atoms with Crippen LogP contribution < -0.4 is 4.74 Å². The van der Waals surface area contributed by atoms with Gasteiger partial charge in [-0.25, -0.2) is 4.79 Å². The maximum atomic E-state index is 13.7. The molecule has 0 aliphatic carbocycles. The lowest BCUT2D eigenvalue weighted by molar-refractivity contribution is -0.139. The van der Waals surface area contributed by atoms with E-state index in [0.29, 0.717) is 22.4 Å². The molecule has 1 N–H and O–H groups in total. The van der Waals surface area contributed by atoms with Crippen LogP contribution in [0.3, 0.4) is 0 Å². The summed E-state index contributed by atoms with van der Waals surface area (Å²) in [5.41, 5.74) is 1.44. The Labute approximate surface area is 212 Å². The molecule has 1 heterocycles. The highest BCUT2D eigenvalue weighted by Crippen LogP contribution is 2.40. The van der Waals surface area contributed by atoms with Gasteiger partial charge in [0.15, 0.2) is 0 Å². The van der Waals surface area contributed by atoms with Gasteiger partial charge in [0.25, 0.3) is 0 Å². The molecule has 0 radical (unpaired) electrons. The Bertz CT molecular complexity index is 1310. The van der Waals surface area contributed by atoms with Gasteiger partial charge in [-0.3, -0.25) is 9.69 Å². The highest BCUT2D eigenvalue weighted by Gasteiger charge is 2.40. The van der Waals surface area contributed by atoms with E-state index >= 15 is 0 Å². The molecule has 1 fully saturated rings.